The molecule has 10 nitrogen and oxygen atoms in total. The Kier molecular flexibility index (Phi) is 6.59. The molecule has 1 saturated heterocycles. The standard InChI is InChI=1S/C25H23F3N6O4/c1-14(35)32-16-2-7-20-21(9-16)30-13-31-23(20)38-19-5-3-17(4-6-19)34-22(36)12-33(24(34)37)18-8-15(10-29-11-18)25(26,27)28/h2,7-11,13,17,19H,3-6,12H2,1H3,(H,32,35). The largest absolute Gasteiger partial charge is 0.474 e. The van der Waals surface area contributed by atoms with Crippen LogP contribution in [0.4, 0.5) is 29.3 Å². The van der Waals surface area contributed by atoms with Gasteiger partial charge < -0.3 is 10.1 Å². The number of amides is 4. The minimum Gasteiger partial charge on any atom is -0.474 e. The number of halogens is 3. The van der Waals surface area contributed by atoms with Gasteiger partial charge in [0.1, 0.15) is 19.0 Å². The number of ether oxygens (including phenoxy) is 1. The molecule has 2 aromatic heterocycles. The number of nitrogens with one attached hydrogen (secondary N) is 1. The van der Waals surface area contributed by atoms with Gasteiger partial charge in [-0.1, -0.05) is 0 Å². The third-order valence-corrected chi connectivity index (χ3v) is 6.57. The summed E-state index contributed by atoms with van der Waals surface area (Å²) in [5, 5.41) is 3.38. The predicted molar refractivity (Wildman–Crippen MR) is 129 cm³/mol. The molecule has 2 aliphatic rings. The first kappa shape index (κ1) is 25.4. The third-order valence-electron chi connectivity index (χ3n) is 6.57. The van der Waals surface area contributed by atoms with Crippen molar-refractivity contribution in [2.45, 2.75) is 50.9 Å². The second kappa shape index (κ2) is 9.88. The first-order valence-corrected chi connectivity index (χ1v) is 11.9. The van der Waals surface area contributed by atoms with Gasteiger partial charge in [-0.25, -0.2) is 14.8 Å². The smallest absolute Gasteiger partial charge is 0.417 e. The zero-order chi connectivity index (χ0) is 27.0. The number of carbonyl (C=O) groups excluding carboxylic acids is 3. The van der Waals surface area contributed by atoms with Crippen molar-refractivity contribution < 1.29 is 32.3 Å². The molecule has 38 heavy (non-hydrogen) atoms. The normalized spacial score (nSPS) is 20.2. The van der Waals surface area contributed by atoms with Crippen molar-refractivity contribution >= 4 is 40.1 Å². The Bertz CT molecular complexity index is 1410. The summed E-state index contributed by atoms with van der Waals surface area (Å²) < 4.78 is 45.4. The molecule has 0 radical (unpaired) electrons. The van der Waals surface area contributed by atoms with Gasteiger partial charge in [-0.15, -0.1) is 0 Å². The van der Waals surface area contributed by atoms with Crippen LogP contribution in [-0.2, 0) is 15.8 Å². The van der Waals surface area contributed by atoms with E-state index in [-0.39, 0.29) is 30.3 Å². The Labute approximate surface area is 214 Å². The minimum atomic E-state index is -4.61. The van der Waals surface area contributed by atoms with Crippen LogP contribution < -0.4 is 15.0 Å². The summed E-state index contributed by atoms with van der Waals surface area (Å²) in [5.74, 6) is -0.269. The fraction of sp³-hybridized carbons (Fsp3) is 0.360. The lowest BCUT2D eigenvalue weighted by Crippen LogP contribution is -2.44. The molecule has 0 unspecified atom stereocenters. The van der Waals surface area contributed by atoms with Gasteiger partial charge in [-0.2, -0.15) is 13.2 Å². The highest BCUT2D eigenvalue weighted by atomic mass is 19.4. The SMILES string of the molecule is CC(=O)Nc1ccc2c(OC3CCC(N4C(=O)CN(c5cncc(C(F)(F)F)c5)C4=O)CC3)ncnc2c1. The monoisotopic (exact) mass is 528 g/mol. The molecule has 1 saturated carbocycles. The number of imide groups is 1. The van der Waals surface area contributed by atoms with Gasteiger partial charge in [0, 0.05) is 24.8 Å². The van der Waals surface area contributed by atoms with E-state index in [1.807, 2.05) is 0 Å². The van der Waals surface area contributed by atoms with E-state index >= 15 is 0 Å². The summed E-state index contributed by atoms with van der Waals surface area (Å²) in [6.07, 6.45) is 0.406. The fourth-order valence-corrected chi connectivity index (χ4v) is 4.79. The topological polar surface area (TPSA) is 118 Å². The fourth-order valence-electron chi connectivity index (χ4n) is 4.79. The number of rotatable bonds is 5. The highest BCUT2D eigenvalue weighted by Gasteiger charge is 2.43. The Hall–Kier alpha value is -4.29. The van der Waals surface area contributed by atoms with Crippen LogP contribution in [0.3, 0.4) is 0 Å². The molecule has 13 heteroatoms. The van der Waals surface area contributed by atoms with Gasteiger partial charge in [0.15, 0.2) is 0 Å². The number of nitrogens with zero attached hydrogens (tertiary/aromatic N) is 5. The Morgan fingerprint density at radius 3 is 2.55 bits per heavy atom. The lowest BCUT2D eigenvalue weighted by Gasteiger charge is -2.33. The number of aromatic nitrogens is 3. The molecule has 1 aromatic carbocycles. The van der Waals surface area contributed by atoms with Crippen LogP contribution in [0, 0.1) is 0 Å². The second-order valence-electron chi connectivity index (χ2n) is 9.20. The number of pyridine rings is 1. The van der Waals surface area contributed by atoms with E-state index in [2.05, 4.69) is 20.3 Å². The van der Waals surface area contributed by atoms with E-state index in [9.17, 15) is 27.6 Å². The van der Waals surface area contributed by atoms with Crippen LogP contribution in [0.1, 0.15) is 38.2 Å². The van der Waals surface area contributed by atoms with Crippen molar-refractivity contribution in [1.29, 1.82) is 0 Å². The zero-order valence-corrected chi connectivity index (χ0v) is 20.2. The molecule has 0 spiro atoms. The lowest BCUT2D eigenvalue weighted by molar-refractivity contribution is -0.137. The molecular formula is C25H23F3N6O4. The summed E-state index contributed by atoms with van der Waals surface area (Å²) in [4.78, 5) is 51.3. The number of anilines is 2. The van der Waals surface area contributed by atoms with Crippen molar-refractivity contribution in [2.75, 3.05) is 16.8 Å². The van der Waals surface area contributed by atoms with Crippen LogP contribution in [0.15, 0.2) is 43.0 Å². The lowest BCUT2D eigenvalue weighted by atomic mass is 9.92. The van der Waals surface area contributed by atoms with Crippen molar-refractivity contribution in [3.8, 4) is 5.88 Å². The van der Waals surface area contributed by atoms with E-state index in [0.717, 1.165) is 22.1 Å². The molecular weight excluding hydrogens is 505 g/mol. The maximum Gasteiger partial charge on any atom is 0.417 e. The Balaban J connectivity index is 1.24. The van der Waals surface area contributed by atoms with E-state index in [1.54, 1.807) is 18.2 Å². The molecule has 3 heterocycles. The number of hydrogen-bond acceptors (Lipinski definition) is 7. The van der Waals surface area contributed by atoms with Gasteiger partial charge in [0.2, 0.25) is 11.8 Å². The number of alkyl halides is 3. The molecule has 0 bridgehead atoms. The van der Waals surface area contributed by atoms with Gasteiger partial charge >= 0.3 is 12.2 Å². The molecule has 4 amide bonds. The van der Waals surface area contributed by atoms with Crippen molar-refractivity contribution in [3.63, 3.8) is 0 Å². The molecule has 1 aliphatic carbocycles. The van der Waals surface area contributed by atoms with Gasteiger partial charge in [-0.05, 0) is 49.9 Å². The number of urea groups is 1. The van der Waals surface area contributed by atoms with Crippen LogP contribution >= 0.6 is 0 Å². The number of benzene rings is 1. The molecule has 198 valence electrons. The average Bonchev–Trinajstić information content (AvgIpc) is 3.17. The molecule has 1 aliphatic heterocycles. The molecule has 0 atom stereocenters. The van der Waals surface area contributed by atoms with Crippen molar-refractivity contribution in [2.24, 2.45) is 0 Å². The number of hydrogen-bond donors (Lipinski definition) is 1. The predicted octanol–water partition coefficient (Wildman–Crippen LogP) is 4.16. The van der Waals surface area contributed by atoms with Crippen LogP contribution in [-0.4, -0.2) is 56.4 Å². The maximum atomic E-state index is 13.1. The van der Waals surface area contributed by atoms with E-state index in [0.29, 0.717) is 54.4 Å². The quantitative estimate of drug-likeness (QED) is 0.494. The second-order valence-corrected chi connectivity index (χ2v) is 9.20. The summed E-state index contributed by atoms with van der Waals surface area (Å²) in [6.45, 7) is 1.07. The zero-order valence-electron chi connectivity index (χ0n) is 20.2. The van der Waals surface area contributed by atoms with Gasteiger partial charge in [-0.3, -0.25) is 24.4 Å². The van der Waals surface area contributed by atoms with Crippen LogP contribution in [0.5, 0.6) is 5.88 Å². The molecule has 5 rings (SSSR count). The van der Waals surface area contributed by atoms with E-state index in [1.165, 1.54) is 13.3 Å². The molecule has 2 fully saturated rings. The van der Waals surface area contributed by atoms with E-state index < -0.39 is 23.7 Å². The highest BCUT2D eigenvalue weighted by Crippen LogP contribution is 2.34. The first-order valence-electron chi connectivity index (χ1n) is 11.9. The van der Waals surface area contributed by atoms with Gasteiger partial charge in [0.25, 0.3) is 5.91 Å². The van der Waals surface area contributed by atoms with Crippen molar-refractivity contribution in [3.05, 3.63) is 48.5 Å². The van der Waals surface area contributed by atoms with Crippen LogP contribution in [0.25, 0.3) is 10.9 Å². The average molecular weight is 528 g/mol. The summed E-state index contributed by atoms with van der Waals surface area (Å²) in [6, 6.07) is 4.99. The highest BCUT2D eigenvalue weighted by molar-refractivity contribution is 6.12. The number of fused-ring (bicyclic) bond motifs is 1. The Morgan fingerprint density at radius 1 is 1.08 bits per heavy atom. The Morgan fingerprint density at radius 2 is 1.84 bits per heavy atom. The summed E-state index contributed by atoms with van der Waals surface area (Å²) in [7, 11) is 0. The minimum absolute atomic E-state index is 0.0741. The maximum absolute atomic E-state index is 13.1. The van der Waals surface area contributed by atoms with E-state index in [4.69, 9.17) is 4.74 Å². The molecule has 3 aromatic rings. The first-order chi connectivity index (χ1) is 18.1. The molecule has 1 N–H and O–H groups in total. The van der Waals surface area contributed by atoms with Crippen LogP contribution in [0.2, 0.25) is 0 Å². The summed E-state index contributed by atoms with van der Waals surface area (Å²) in [5.41, 5.74) is 0.141. The number of carbonyl (C=O) groups is 3. The van der Waals surface area contributed by atoms with Gasteiger partial charge in [0.05, 0.1) is 28.4 Å². The summed E-state index contributed by atoms with van der Waals surface area (Å²) >= 11 is 0. The van der Waals surface area contributed by atoms with Crippen molar-refractivity contribution in [1.82, 2.24) is 19.9 Å². The third kappa shape index (κ3) is 5.08.